The third-order valence-corrected chi connectivity index (χ3v) is 7.09. The number of hydrogen-bond donors (Lipinski definition) is 2. The van der Waals surface area contributed by atoms with Gasteiger partial charge in [-0.25, -0.2) is 0 Å². The molecule has 4 rings (SSSR count). The van der Waals surface area contributed by atoms with Gasteiger partial charge in [0, 0.05) is 38.5 Å². The lowest BCUT2D eigenvalue weighted by Crippen LogP contribution is -2.68. The standard InChI is InChI=1S/C24H33N3O3.CH2O2/c1-16(28)25-24(2,3)23(30)26-14-18-13-19(15-26)21(12-17-8-5-4-6-9-17)27-20(18)10-7-11-22(27)29;2-1-3/h4-6,8-9,18-21H,7,10-15H2,1-3H3,(H,25,28);1H,(H,2,3)/t18-,19+,20+,21+;/m1./s1. The van der Waals surface area contributed by atoms with E-state index >= 15 is 0 Å². The predicted molar refractivity (Wildman–Crippen MR) is 123 cm³/mol. The summed E-state index contributed by atoms with van der Waals surface area (Å²) >= 11 is 0. The molecule has 3 amide bonds. The minimum absolute atomic E-state index is 0.0264. The summed E-state index contributed by atoms with van der Waals surface area (Å²) in [6, 6.07) is 10.7. The zero-order valence-corrected chi connectivity index (χ0v) is 19.7. The van der Waals surface area contributed by atoms with Crippen LogP contribution in [0.25, 0.3) is 0 Å². The fourth-order valence-electron chi connectivity index (χ4n) is 5.95. The maximum absolute atomic E-state index is 13.3. The molecule has 0 saturated carbocycles. The number of rotatable bonds is 4. The number of carbonyl (C=O) groups excluding carboxylic acids is 3. The van der Waals surface area contributed by atoms with Gasteiger partial charge in [0.15, 0.2) is 0 Å². The van der Waals surface area contributed by atoms with E-state index in [0.29, 0.717) is 25.4 Å². The Bertz CT molecular complexity index is 872. The first-order chi connectivity index (χ1) is 15.7. The Kier molecular flexibility index (Phi) is 7.76. The molecule has 8 nitrogen and oxygen atoms in total. The molecule has 8 heteroatoms. The Balaban J connectivity index is 0.000000968. The summed E-state index contributed by atoms with van der Waals surface area (Å²) in [5.74, 6) is 0.634. The normalized spacial score (nSPS) is 26.5. The first-order valence-electron chi connectivity index (χ1n) is 11.7. The first-order valence-corrected chi connectivity index (χ1v) is 11.7. The number of amides is 3. The number of benzene rings is 1. The summed E-state index contributed by atoms with van der Waals surface area (Å²) in [5.41, 5.74) is 0.314. The lowest BCUT2D eigenvalue weighted by molar-refractivity contribution is -0.158. The van der Waals surface area contributed by atoms with E-state index < -0.39 is 5.54 Å². The monoisotopic (exact) mass is 457 g/mol. The van der Waals surface area contributed by atoms with Crippen molar-refractivity contribution in [2.24, 2.45) is 11.8 Å². The summed E-state index contributed by atoms with van der Waals surface area (Å²) in [4.78, 5) is 50.4. The number of piperidine rings is 3. The van der Waals surface area contributed by atoms with Crippen molar-refractivity contribution in [1.82, 2.24) is 15.1 Å². The van der Waals surface area contributed by atoms with Gasteiger partial charge >= 0.3 is 0 Å². The molecule has 0 unspecified atom stereocenters. The van der Waals surface area contributed by atoms with Crippen LogP contribution in [0.3, 0.4) is 0 Å². The van der Waals surface area contributed by atoms with Crippen LogP contribution >= 0.6 is 0 Å². The van der Waals surface area contributed by atoms with Crippen LogP contribution in [0.15, 0.2) is 30.3 Å². The minimum Gasteiger partial charge on any atom is -0.483 e. The molecule has 4 atom stereocenters. The second kappa shape index (κ2) is 10.4. The molecule has 0 aromatic heterocycles. The number of carbonyl (C=O) groups is 4. The van der Waals surface area contributed by atoms with Crippen LogP contribution in [0.4, 0.5) is 0 Å². The molecule has 3 fully saturated rings. The average molecular weight is 458 g/mol. The molecule has 0 spiro atoms. The van der Waals surface area contributed by atoms with Gasteiger partial charge in [-0.1, -0.05) is 30.3 Å². The van der Waals surface area contributed by atoms with Crippen LogP contribution in [-0.2, 0) is 25.6 Å². The SMILES string of the molecule is CC(=O)NC(C)(C)C(=O)N1C[C@H]2C[C@@H](C1)[C@H](Cc1ccccc1)N1C(=O)CCC[C@@H]21.O=CO. The van der Waals surface area contributed by atoms with Crippen molar-refractivity contribution in [2.45, 2.75) is 70.5 Å². The zero-order chi connectivity index (χ0) is 24.2. The quantitative estimate of drug-likeness (QED) is 0.673. The van der Waals surface area contributed by atoms with Gasteiger partial charge in [0.2, 0.25) is 17.7 Å². The van der Waals surface area contributed by atoms with Gasteiger partial charge in [0.1, 0.15) is 5.54 Å². The molecule has 1 aromatic carbocycles. The van der Waals surface area contributed by atoms with E-state index in [4.69, 9.17) is 9.90 Å². The fourth-order valence-corrected chi connectivity index (χ4v) is 5.95. The third kappa shape index (κ3) is 5.54. The maximum Gasteiger partial charge on any atom is 0.290 e. The van der Waals surface area contributed by atoms with Crippen LogP contribution in [0.2, 0.25) is 0 Å². The second-order valence-electron chi connectivity index (χ2n) is 9.90. The molecule has 3 heterocycles. The third-order valence-electron chi connectivity index (χ3n) is 7.09. The van der Waals surface area contributed by atoms with E-state index in [2.05, 4.69) is 22.3 Å². The molecule has 2 N–H and O–H groups in total. The lowest BCUT2D eigenvalue weighted by Gasteiger charge is -2.57. The van der Waals surface area contributed by atoms with Crippen LogP contribution < -0.4 is 5.32 Å². The smallest absolute Gasteiger partial charge is 0.290 e. The van der Waals surface area contributed by atoms with Gasteiger partial charge in [0.25, 0.3) is 6.47 Å². The van der Waals surface area contributed by atoms with Crippen LogP contribution in [0, 0.1) is 11.8 Å². The molecule has 0 radical (unpaired) electrons. The second-order valence-corrected chi connectivity index (χ2v) is 9.90. The largest absolute Gasteiger partial charge is 0.483 e. The van der Waals surface area contributed by atoms with Crippen LogP contribution in [0.1, 0.15) is 52.0 Å². The molecule has 2 bridgehead atoms. The molecule has 3 saturated heterocycles. The molecule has 180 valence electrons. The predicted octanol–water partition coefficient (Wildman–Crippen LogP) is 2.07. The van der Waals surface area contributed by atoms with Gasteiger partial charge in [-0.05, 0) is 56.9 Å². The van der Waals surface area contributed by atoms with E-state index in [1.165, 1.54) is 12.5 Å². The molecule has 0 aliphatic carbocycles. The van der Waals surface area contributed by atoms with Gasteiger partial charge in [-0.2, -0.15) is 0 Å². The number of likely N-dealkylation sites (tertiary alicyclic amines) is 1. The van der Waals surface area contributed by atoms with E-state index in [1.54, 1.807) is 13.8 Å². The Morgan fingerprint density at radius 3 is 2.45 bits per heavy atom. The topological polar surface area (TPSA) is 107 Å². The molecule has 33 heavy (non-hydrogen) atoms. The highest BCUT2D eigenvalue weighted by atomic mass is 16.3. The number of fused-ring (bicyclic) bond motifs is 4. The van der Waals surface area contributed by atoms with Gasteiger partial charge in [-0.15, -0.1) is 0 Å². The molecule has 1 aromatic rings. The highest BCUT2D eigenvalue weighted by Gasteiger charge is 2.51. The molecular formula is C25H35N3O5. The van der Waals surface area contributed by atoms with Crippen molar-refractivity contribution in [3.63, 3.8) is 0 Å². The van der Waals surface area contributed by atoms with Crippen molar-refractivity contribution in [1.29, 1.82) is 0 Å². The van der Waals surface area contributed by atoms with Gasteiger partial charge < -0.3 is 20.2 Å². The van der Waals surface area contributed by atoms with Crippen LogP contribution in [0.5, 0.6) is 0 Å². The lowest BCUT2D eigenvalue weighted by atomic mass is 9.70. The van der Waals surface area contributed by atoms with Crippen molar-refractivity contribution in [3.8, 4) is 0 Å². The fraction of sp³-hybridized carbons (Fsp3) is 0.600. The highest BCUT2D eigenvalue weighted by molar-refractivity contribution is 5.90. The Labute approximate surface area is 195 Å². The summed E-state index contributed by atoms with van der Waals surface area (Å²) in [6.07, 6.45) is 4.49. The van der Waals surface area contributed by atoms with Crippen molar-refractivity contribution in [3.05, 3.63) is 35.9 Å². The highest BCUT2D eigenvalue weighted by Crippen LogP contribution is 2.43. The van der Waals surface area contributed by atoms with Crippen molar-refractivity contribution < 1.29 is 24.3 Å². The molecular weight excluding hydrogens is 422 g/mol. The minimum atomic E-state index is -0.922. The molecule has 3 aliphatic heterocycles. The summed E-state index contributed by atoms with van der Waals surface area (Å²) in [7, 11) is 0. The zero-order valence-electron chi connectivity index (χ0n) is 19.7. The van der Waals surface area contributed by atoms with Crippen LogP contribution in [-0.4, -0.2) is 69.8 Å². The van der Waals surface area contributed by atoms with E-state index in [-0.39, 0.29) is 42.2 Å². The van der Waals surface area contributed by atoms with Crippen molar-refractivity contribution >= 4 is 24.2 Å². The van der Waals surface area contributed by atoms with E-state index in [0.717, 1.165) is 25.7 Å². The number of hydrogen-bond acceptors (Lipinski definition) is 4. The summed E-state index contributed by atoms with van der Waals surface area (Å²) in [6.45, 7) is 6.07. The average Bonchev–Trinajstić information content (AvgIpc) is 2.76. The Morgan fingerprint density at radius 2 is 1.82 bits per heavy atom. The first kappa shape index (κ1) is 24.7. The number of nitrogens with one attached hydrogen (secondary N) is 1. The van der Waals surface area contributed by atoms with E-state index in [9.17, 15) is 14.4 Å². The van der Waals surface area contributed by atoms with Crippen molar-refractivity contribution in [2.75, 3.05) is 13.1 Å². The number of nitrogens with zero attached hydrogens (tertiary/aromatic N) is 2. The van der Waals surface area contributed by atoms with E-state index in [1.807, 2.05) is 23.1 Å². The summed E-state index contributed by atoms with van der Waals surface area (Å²) in [5, 5.41) is 9.69. The maximum atomic E-state index is 13.3. The van der Waals surface area contributed by atoms with Gasteiger partial charge in [-0.3, -0.25) is 19.2 Å². The Hall–Kier alpha value is -2.90. The van der Waals surface area contributed by atoms with Gasteiger partial charge in [0.05, 0.1) is 0 Å². The number of carboxylic acid groups (broad SMARTS) is 1. The Morgan fingerprint density at radius 1 is 1.18 bits per heavy atom. The molecule has 3 aliphatic rings. The summed E-state index contributed by atoms with van der Waals surface area (Å²) < 4.78 is 0.